The van der Waals surface area contributed by atoms with Crippen molar-refractivity contribution in [2.45, 2.75) is 25.9 Å². The zero-order chi connectivity index (χ0) is 14.0. The van der Waals surface area contributed by atoms with Gasteiger partial charge in [-0.3, -0.25) is 0 Å². The Morgan fingerprint density at radius 1 is 0.842 bits per heavy atom. The molecular weight excluding hydrogens is 279 g/mol. The summed E-state index contributed by atoms with van der Waals surface area (Å²) in [6.07, 6.45) is -0.803. The molecule has 1 unspecified atom stereocenters. The van der Waals surface area contributed by atoms with E-state index in [9.17, 15) is 5.11 Å². The van der Waals surface area contributed by atoms with Gasteiger partial charge in [0.15, 0.2) is 0 Å². The van der Waals surface area contributed by atoms with Crippen molar-refractivity contribution < 1.29 is 5.11 Å². The second-order valence-corrected chi connectivity index (χ2v) is 5.67. The van der Waals surface area contributed by atoms with Gasteiger partial charge in [0, 0.05) is 15.6 Å². The van der Waals surface area contributed by atoms with Gasteiger partial charge in [-0.25, -0.2) is 0 Å². The zero-order valence-electron chi connectivity index (χ0n) is 10.9. The summed E-state index contributed by atoms with van der Waals surface area (Å²) in [5.74, 6) is 0.468. The van der Waals surface area contributed by atoms with Gasteiger partial charge in [0.2, 0.25) is 0 Å². The summed E-state index contributed by atoms with van der Waals surface area (Å²) in [7, 11) is 0. The molecule has 0 fully saturated rings. The third-order valence-electron chi connectivity index (χ3n) is 3.19. The van der Waals surface area contributed by atoms with E-state index in [2.05, 4.69) is 13.8 Å². The fourth-order valence-corrected chi connectivity index (χ4v) is 2.61. The van der Waals surface area contributed by atoms with Gasteiger partial charge in [0.1, 0.15) is 6.10 Å². The van der Waals surface area contributed by atoms with Crippen molar-refractivity contribution in [3.8, 4) is 0 Å². The number of hydrogen-bond acceptors (Lipinski definition) is 1. The molecule has 3 heteroatoms. The molecule has 0 aliphatic rings. The maximum atomic E-state index is 10.4. The van der Waals surface area contributed by atoms with E-state index in [1.807, 2.05) is 24.3 Å². The van der Waals surface area contributed by atoms with Crippen LogP contribution in [0.15, 0.2) is 42.5 Å². The van der Waals surface area contributed by atoms with Crippen LogP contribution < -0.4 is 0 Å². The van der Waals surface area contributed by atoms with Gasteiger partial charge in [0.05, 0.1) is 0 Å². The lowest BCUT2D eigenvalue weighted by atomic mass is 9.97. The Bertz CT molecular complexity index is 541. The summed E-state index contributed by atoms with van der Waals surface area (Å²) < 4.78 is 0. The highest BCUT2D eigenvalue weighted by Gasteiger charge is 2.17. The molecule has 0 bridgehead atoms. The Morgan fingerprint density at radius 3 is 1.79 bits per heavy atom. The first-order chi connectivity index (χ1) is 9.00. The van der Waals surface area contributed by atoms with Crippen LogP contribution in [0.4, 0.5) is 0 Å². The molecule has 0 aromatic heterocycles. The molecule has 2 rings (SSSR count). The highest BCUT2D eigenvalue weighted by atomic mass is 35.5. The van der Waals surface area contributed by atoms with E-state index >= 15 is 0 Å². The van der Waals surface area contributed by atoms with E-state index in [1.54, 1.807) is 18.2 Å². The van der Waals surface area contributed by atoms with Crippen LogP contribution in [-0.2, 0) is 0 Å². The maximum Gasteiger partial charge on any atom is 0.107 e. The molecule has 0 amide bonds. The lowest BCUT2D eigenvalue weighted by Crippen LogP contribution is -2.02. The fourth-order valence-electron chi connectivity index (χ4n) is 2.00. The molecule has 0 saturated heterocycles. The predicted octanol–water partition coefficient (Wildman–Crippen LogP) is 5.20. The Hall–Kier alpha value is -1.02. The van der Waals surface area contributed by atoms with E-state index in [1.165, 1.54) is 5.56 Å². The van der Waals surface area contributed by atoms with Gasteiger partial charge in [-0.05, 0) is 29.2 Å². The quantitative estimate of drug-likeness (QED) is 0.825. The van der Waals surface area contributed by atoms with Gasteiger partial charge in [-0.15, -0.1) is 0 Å². The standard InChI is InChI=1S/C16H16Cl2O/c1-10(2)11-6-8-12(9-7-11)16(19)15-13(17)4-3-5-14(15)18/h3-10,16,19H,1-2H3. The minimum atomic E-state index is -0.803. The summed E-state index contributed by atoms with van der Waals surface area (Å²) in [5.41, 5.74) is 2.59. The maximum absolute atomic E-state index is 10.4. The van der Waals surface area contributed by atoms with Crippen LogP contribution in [0.1, 0.15) is 42.6 Å². The first kappa shape index (κ1) is 14.4. The van der Waals surface area contributed by atoms with E-state index in [-0.39, 0.29) is 0 Å². The van der Waals surface area contributed by atoms with Crippen LogP contribution in [0.3, 0.4) is 0 Å². The Morgan fingerprint density at radius 2 is 1.32 bits per heavy atom. The normalized spacial score (nSPS) is 12.7. The van der Waals surface area contributed by atoms with E-state index in [4.69, 9.17) is 23.2 Å². The topological polar surface area (TPSA) is 20.2 Å². The second kappa shape index (κ2) is 5.96. The first-order valence-electron chi connectivity index (χ1n) is 6.22. The average Bonchev–Trinajstić information content (AvgIpc) is 2.38. The molecule has 2 aromatic rings. The van der Waals surface area contributed by atoms with Crippen molar-refractivity contribution in [1.29, 1.82) is 0 Å². The Balaban J connectivity index is 2.36. The number of aliphatic hydroxyl groups is 1. The molecule has 1 atom stereocenters. The van der Waals surface area contributed by atoms with Crippen molar-refractivity contribution >= 4 is 23.2 Å². The number of hydrogen-bond donors (Lipinski definition) is 1. The molecule has 19 heavy (non-hydrogen) atoms. The SMILES string of the molecule is CC(C)c1ccc(C(O)c2c(Cl)cccc2Cl)cc1. The summed E-state index contributed by atoms with van der Waals surface area (Å²) in [6.45, 7) is 4.27. The van der Waals surface area contributed by atoms with Crippen molar-refractivity contribution in [3.05, 3.63) is 69.2 Å². The van der Waals surface area contributed by atoms with Crippen molar-refractivity contribution in [1.82, 2.24) is 0 Å². The molecular formula is C16H16Cl2O. The van der Waals surface area contributed by atoms with Crippen LogP contribution >= 0.6 is 23.2 Å². The minimum Gasteiger partial charge on any atom is -0.384 e. The van der Waals surface area contributed by atoms with Crippen LogP contribution in [0, 0.1) is 0 Å². The Kier molecular flexibility index (Phi) is 4.51. The van der Waals surface area contributed by atoms with Gasteiger partial charge in [0.25, 0.3) is 0 Å². The molecule has 0 heterocycles. The van der Waals surface area contributed by atoms with E-state index in [0.29, 0.717) is 21.5 Å². The molecule has 2 aromatic carbocycles. The van der Waals surface area contributed by atoms with Gasteiger partial charge in [-0.1, -0.05) is 67.4 Å². The highest BCUT2D eigenvalue weighted by Crippen LogP contribution is 2.34. The third-order valence-corrected chi connectivity index (χ3v) is 3.85. The highest BCUT2D eigenvalue weighted by molar-refractivity contribution is 6.36. The number of benzene rings is 2. The molecule has 0 saturated carbocycles. The summed E-state index contributed by atoms with van der Waals surface area (Å²) >= 11 is 12.2. The minimum absolute atomic E-state index is 0.468. The molecule has 1 N–H and O–H groups in total. The predicted molar refractivity (Wildman–Crippen MR) is 81.1 cm³/mol. The Labute approximate surface area is 123 Å². The van der Waals surface area contributed by atoms with Crippen LogP contribution in [0.2, 0.25) is 10.0 Å². The number of rotatable bonds is 3. The van der Waals surface area contributed by atoms with Gasteiger partial charge in [-0.2, -0.15) is 0 Å². The molecule has 0 aliphatic heterocycles. The number of aliphatic hydroxyl groups excluding tert-OH is 1. The van der Waals surface area contributed by atoms with Crippen LogP contribution in [0.25, 0.3) is 0 Å². The van der Waals surface area contributed by atoms with Crippen LogP contribution in [0.5, 0.6) is 0 Å². The molecule has 100 valence electrons. The van der Waals surface area contributed by atoms with Gasteiger partial charge < -0.3 is 5.11 Å². The fraction of sp³-hybridized carbons (Fsp3) is 0.250. The first-order valence-corrected chi connectivity index (χ1v) is 6.98. The van der Waals surface area contributed by atoms with E-state index in [0.717, 1.165) is 5.56 Å². The molecule has 0 aliphatic carbocycles. The molecule has 0 spiro atoms. The largest absolute Gasteiger partial charge is 0.384 e. The lowest BCUT2D eigenvalue weighted by Gasteiger charge is -2.15. The van der Waals surface area contributed by atoms with Crippen molar-refractivity contribution in [2.75, 3.05) is 0 Å². The zero-order valence-corrected chi connectivity index (χ0v) is 12.4. The second-order valence-electron chi connectivity index (χ2n) is 4.86. The van der Waals surface area contributed by atoms with Crippen molar-refractivity contribution in [3.63, 3.8) is 0 Å². The summed E-state index contributed by atoms with van der Waals surface area (Å²) in [4.78, 5) is 0. The van der Waals surface area contributed by atoms with E-state index < -0.39 is 6.10 Å². The van der Waals surface area contributed by atoms with Gasteiger partial charge >= 0.3 is 0 Å². The molecule has 1 nitrogen and oxygen atoms in total. The summed E-state index contributed by atoms with van der Waals surface area (Å²) in [5, 5.41) is 11.4. The number of halogens is 2. The molecule has 0 radical (unpaired) electrons. The van der Waals surface area contributed by atoms with Crippen molar-refractivity contribution in [2.24, 2.45) is 0 Å². The third kappa shape index (κ3) is 3.11. The van der Waals surface area contributed by atoms with Crippen LogP contribution in [-0.4, -0.2) is 5.11 Å². The smallest absolute Gasteiger partial charge is 0.107 e. The summed E-state index contributed by atoms with van der Waals surface area (Å²) in [6, 6.07) is 13.1. The average molecular weight is 295 g/mol. The monoisotopic (exact) mass is 294 g/mol. The lowest BCUT2D eigenvalue weighted by molar-refractivity contribution is 0.220.